The van der Waals surface area contributed by atoms with E-state index in [1.165, 1.54) is 38.5 Å². The van der Waals surface area contributed by atoms with Crippen molar-refractivity contribution in [3.05, 3.63) is 47.3 Å². The Morgan fingerprint density at radius 1 is 1.14 bits per heavy atom. The quantitative estimate of drug-likeness (QED) is 0.419. The predicted octanol–water partition coefficient (Wildman–Crippen LogP) is 3.40. The Kier molecular flexibility index (Phi) is 8.60. The molecular formula is C24H30FN3O7S2. The first-order valence-corrected chi connectivity index (χ1v) is 13.6. The summed E-state index contributed by atoms with van der Waals surface area (Å²) >= 11 is 0.628. The van der Waals surface area contributed by atoms with Crippen molar-refractivity contribution in [3.63, 3.8) is 0 Å². The molecule has 1 aliphatic rings. The fourth-order valence-corrected chi connectivity index (χ4v) is 5.58. The molecule has 0 saturated carbocycles. The average molecular weight is 556 g/mol. The number of sulfonamides is 1. The van der Waals surface area contributed by atoms with Gasteiger partial charge in [-0.05, 0) is 57.5 Å². The zero-order chi connectivity index (χ0) is 27.5. The Labute approximate surface area is 219 Å². The highest BCUT2D eigenvalue weighted by atomic mass is 32.2. The second kappa shape index (κ2) is 11.2. The number of halogens is 1. The minimum absolute atomic E-state index is 0.0105. The van der Waals surface area contributed by atoms with Gasteiger partial charge in [-0.25, -0.2) is 17.5 Å². The molecule has 2 aromatic rings. The summed E-state index contributed by atoms with van der Waals surface area (Å²) in [7, 11) is -1.62. The van der Waals surface area contributed by atoms with Gasteiger partial charge in [-0.3, -0.25) is 14.3 Å². The average Bonchev–Trinajstić information content (AvgIpc) is 2.81. The van der Waals surface area contributed by atoms with Crippen LogP contribution in [0.25, 0.3) is 0 Å². The maximum Gasteiger partial charge on any atom is 0.307 e. The Bertz CT molecular complexity index is 1300. The molecule has 37 heavy (non-hydrogen) atoms. The van der Waals surface area contributed by atoms with Gasteiger partial charge in [0.2, 0.25) is 0 Å². The maximum atomic E-state index is 13.8. The highest BCUT2D eigenvalue weighted by molar-refractivity contribution is 8.13. The van der Waals surface area contributed by atoms with Crippen molar-refractivity contribution in [1.82, 2.24) is 14.8 Å². The number of benzene rings is 2. The van der Waals surface area contributed by atoms with Gasteiger partial charge in [0.15, 0.2) is 0 Å². The molecule has 2 amide bonds. The number of fused-ring (bicyclic) bond motifs is 1. The van der Waals surface area contributed by atoms with Crippen molar-refractivity contribution in [2.24, 2.45) is 0 Å². The lowest BCUT2D eigenvalue weighted by Crippen LogP contribution is -2.55. The van der Waals surface area contributed by atoms with Crippen molar-refractivity contribution in [3.8, 4) is 17.2 Å². The Morgan fingerprint density at radius 2 is 1.81 bits per heavy atom. The summed E-state index contributed by atoms with van der Waals surface area (Å²) < 4.78 is 61.2. The van der Waals surface area contributed by atoms with Crippen LogP contribution in [0.1, 0.15) is 43.6 Å². The molecule has 0 aromatic heterocycles. The summed E-state index contributed by atoms with van der Waals surface area (Å²) in [5.41, 5.74) is -0.433. The van der Waals surface area contributed by atoms with E-state index in [0.717, 1.165) is 6.07 Å². The highest BCUT2D eigenvalue weighted by Gasteiger charge is 2.40. The summed E-state index contributed by atoms with van der Waals surface area (Å²) in [5, 5.41) is 2.04. The molecule has 13 heteroatoms. The van der Waals surface area contributed by atoms with Crippen LogP contribution in [0, 0.1) is 5.82 Å². The summed E-state index contributed by atoms with van der Waals surface area (Å²) in [5.74, 6) is -0.612. The third-order valence-corrected chi connectivity index (χ3v) is 7.95. The lowest BCUT2D eigenvalue weighted by Gasteiger charge is -2.40. The van der Waals surface area contributed by atoms with Gasteiger partial charge in [0.25, 0.3) is 15.9 Å². The molecule has 1 unspecified atom stereocenters. The van der Waals surface area contributed by atoms with Crippen LogP contribution in [0.15, 0.2) is 35.2 Å². The molecule has 0 spiro atoms. The van der Waals surface area contributed by atoms with E-state index >= 15 is 0 Å². The van der Waals surface area contributed by atoms with Gasteiger partial charge in [0.1, 0.15) is 33.6 Å². The zero-order valence-corrected chi connectivity index (χ0v) is 22.9. The van der Waals surface area contributed by atoms with Crippen LogP contribution < -0.4 is 29.0 Å². The first-order chi connectivity index (χ1) is 17.3. The first-order valence-electron chi connectivity index (χ1n) is 11.3. The molecular weight excluding hydrogens is 525 g/mol. The summed E-state index contributed by atoms with van der Waals surface area (Å²) in [4.78, 5) is 24.9. The molecule has 1 heterocycles. The standard InChI is InChI=1S/C24H30FN3O7S2/c1-13(2)27-36-23(30)28-37(31,32)20-9-14-10-21(24(3,4)35-18(14)12-19(20)34-6)26-22(29)16-11-15(25)7-8-17(16)33-5/h7-9,11-13,21,27H,10H2,1-6H3,(H,26,29)(H,28,30). The number of carbonyl (C=O) groups is 2. The zero-order valence-electron chi connectivity index (χ0n) is 21.3. The van der Waals surface area contributed by atoms with Gasteiger partial charge in [-0.15, -0.1) is 0 Å². The van der Waals surface area contributed by atoms with Crippen LogP contribution in [0.3, 0.4) is 0 Å². The van der Waals surface area contributed by atoms with E-state index in [9.17, 15) is 22.4 Å². The van der Waals surface area contributed by atoms with E-state index in [1.54, 1.807) is 13.8 Å². The van der Waals surface area contributed by atoms with Gasteiger partial charge in [-0.1, -0.05) is 0 Å². The minimum Gasteiger partial charge on any atom is -0.496 e. The van der Waals surface area contributed by atoms with Gasteiger partial charge in [-0.2, -0.15) is 0 Å². The topological polar surface area (TPSA) is 132 Å². The number of amides is 2. The molecule has 3 rings (SSSR count). The SMILES string of the molecule is COc1ccc(F)cc1C(=O)NC1Cc2cc(S(=O)(=O)NC(=O)SNC(C)C)c(OC)cc2OC1(C)C. The number of nitrogens with one attached hydrogen (secondary N) is 3. The highest BCUT2D eigenvalue weighted by Crippen LogP contribution is 2.39. The van der Waals surface area contributed by atoms with Crippen LogP contribution in [0.4, 0.5) is 9.18 Å². The monoisotopic (exact) mass is 555 g/mol. The molecule has 10 nitrogen and oxygen atoms in total. The number of ether oxygens (including phenoxy) is 3. The van der Waals surface area contributed by atoms with E-state index in [1.807, 2.05) is 18.6 Å². The van der Waals surface area contributed by atoms with Crippen LogP contribution in [-0.4, -0.2) is 51.5 Å². The molecule has 3 N–H and O–H groups in total. The van der Waals surface area contributed by atoms with Gasteiger partial charge >= 0.3 is 5.24 Å². The number of carbonyl (C=O) groups excluding carboxylic acids is 2. The molecule has 2 aromatic carbocycles. The van der Waals surface area contributed by atoms with Crippen molar-refractivity contribution in [1.29, 1.82) is 0 Å². The molecule has 0 fully saturated rings. The van der Waals surface area contributed by atoms with Crippen molar-refractivity contribution < 1.29 is 36.6 Å². The van der Waals surface area contributed by atoms with Crippen LogP contribution in [0.2, 0.25) is 0 Å². The smallest absolute Gasteiger partial charge is 0.307 e. The third kappa shape index (κ3) is 6.65. The lowest BCUT2D eigenvalue weighted by atomic mass is 9.88. The number of hydrogen-bond donors (Lipinski definition) is 3. The number of methoxy groups -OCH3 is 2. The molecule has 0 aliphatic carbocycles. The second-order valence-corrected chi connectivity index (χ2v) is 11.6. The third-order valence-electron chi connectivity index (χ3n) is 5.59. The largest absolute Gasteiger partial charge is 0.496 e. The molecule has 202 valence electrons. The fourth-order valence-electron chi connectivity index (χ4n) is 3.70. The van der Waals surface area contributed by atoms with E-state index in [4.69, 9.17) is 14.2 Å². The molecule has 1 atom stereocenters. The van der Waals surface area contributed by atoms with Crippen molar-refractivity contribution in [2.45, 2.75) is 56.7 Å². The van der Waals surface area contributed by atoms with Crippen molar-refractivity contribution >= 4 is 33.1 Å². The fraction of sp³-hybridized carbons (Fsp3) is 0.417. The second-order valence-electron chi connectivity index (χ2n) is 9.16. The number of hydrogen-bond acceptors (Lipinski definition) is 9. The van der Waals surface area contributed by atoms with E-state index in [0.29, 0.717) is 23.3 Å². The number of rotatable bonds is 8. The minimum atomic E-state index is -4.30. The predicted molar refractivity (Wildman–Crippen MR) is 137 cm³/mol. The van der Waals surface area contributed by atoms with Gasteiger partial charge < -0.3 is 19.5 Å². The summed E-state index contributed by atoms with van der Waals surface area (Å²) in [6.07, 6.45) is 0.190. The molecule has 0 radical (unpaired) electrons. The first kappa shape index (κ1) is 28.5. The molecule has 0 saturated heterocycles. The van der Waals surface area contributed by atoms with E-state index in [-0.39, 0.29) is 34.4 Å². The normalized spacial score (nSPS) is 16.4. The maximum absolute atomic E-state index is 13.8. The van der Waals surface area contributed by atoms with E-state index in [2.05, 4.69) is 10.0 Å². The van der Waals surface area contributed by atoms with Gasteiger partial charge in [0, 0.05) is 30.5 Å². The molecule has 1 aliphatic heterocycles. The molecule has 0 bridgehead atoms. The Morgan fingerprint density at radius 3 is 2.43 bits per heavy atom. The Hall–Kier alpha value is -3.03. The van der Waals surface area contributed by atoms with Crippen LogP contribution in [-0.2, 0) is 16.4 Å². The van der Waals surface area contributed by atoms with E-state index < -0.39 is 38.6 Å². The van der Waals surface area contributed by atoms with Gasteiger partial charge in [0.05, 0.1) is 25.8 Å². The lowest BCUT2D eigenvalue weighted by molar-refractivity contribution is 0.0435. The van der Waals surface area contributed by atoms with Crippen LogP contribution >= 0.6 is 11.9 Å². The Balaban J connectivity index is 1.91. The van der Waals surface area contributed by atoms with Crippen LogP contribution in [0.5, 0.6) is 17.2 Å². The van der Waals surface area contributed by atoms with Crippen molar-refractivity contribution in [2.75, 3.05) is 14.2 Å². The summed E-state index contributed by atoms with van der Waals surface area (Å²) in [6.45, 7) is 7.14. The summed E-state index contributed by atoms with van der Waals surface area (Å²) in [6, 6.07) is 5.73.